The minimum atomic E-state index is 0.600. The van der Waals surface area contributed by atoms with E-state index in [0.29, 0.717) is 5.41 Å². The lowest BCUT2D eigenvalue weighted by atomic mass is 9.67. The zero-order chi connectivity index (χ0) is 12.3. The highest BCUT2D eigenvalue weighted by atomic mass is 14.9. The van der Waals surface area contributed by atoms with Gasteiger partial charge in [-0.25, -0.2) is 0 Å². The van der Waals surface area contributed by atoms with Crippen molar-refractivity contribution in [2.75, 3.05) is 12.3 Å². The Hall–Kier alpha value is -1.02. The number of aryl methyl sites for hydroxylation is 1. The zero-order valence-corrected chi connectivity index (χ0v) is 11.1. The van der Waals surface area contributed by atoms with E-state index in [1.54, 1.807) is 0 Å². The molecule has 0 atom stereocenters. The van der Waals surface area contributed by atoms with Crippen LogP contribution in [0.2, 0.25) is 0 Å². The molecule has 0 bridgehead atoms. The van der Waals surface area contributed by atoms with Crippen molar-refractivity contribution in [2.45, 2.75) is 46.1 Å². The summed E-state index contributed by atoms with van der Waals surface area (Å²) < 4.78 is 0. The van der Waals surface area contributed by atoms with Crippen molar-refractivity contribution >= 4 is 5.69 Å². The SMILES string of the molecule is CCC1(CNCc2ccc(N)c(C)c2)CCC1. The molecule has 2 rings (SSSR count). The zero-order valence-electron chi connectivity index (χ0n) is 11.1. The van der Waals surface area contributed by atoms with Gasteiger partial charge in [0, 0.05) is 18.8 Å². The number of hydrogen-bond acceptors (Lipinski definition) is 2. The molecule has 0 radical (unpaired) electrons. The smallest absolute Gasteiger partial charge is 0.0343 e. The Kier molecular flexibility index (Phi) is 3.72. The van der Waals surface area contributed by atoms with Gasteiger partial charge in [0.1, 0.15) is 0 Å². The van der Waals surface area contributed by atoms with E-state index in [-0.39, 0.29) is 0 Å². The molecule has 1 aliphatic rings. The van der Waals surface area contributed by atoms with E-state index >= 15 is 0 Å². The van der Waals surface area contributed by atoms with Gasteiger partial charge in [0.15, 0.2) is 0 Å². The van der Waals surface area contributed by atoms with E-state index in [1.807, 2.05) is 6.07 Å². The lowest BCUT2D eigenvalue weighted by Crippen LogP contribution is -2.39. The number of nitrogens with one attached hydrogen (secondary N) is 1. The fourth-order valence-corrected chi connectivity index (χ4v) is 2.65. The first-order valence-electron chi connectivity index (χ1n) is 6.71. The molecule has 2 nitrogen and oxygen atoms in total. The molecule has 0 saturated heterocycles. The highest BCUT2D eigenvalue weighted by Gasteiger charge is 2.34. The van der Waals surface area contributed by atoms with Gasteiger partial charge in [-0.1, -0.05) is 25.5 Å². The summed E-state index contributed by atoms with van der Waals surface area (Å²) in [6.07, 6.45) is 5.52. The van der Waals surface area contributed by atoms with Gasteiger partial charge in [0.05, 0.1) is 0 Å². The second-order valence-electron chi connectivity index (χ2n) is 5.50. The maximum absolute atomic E-state index is 5.82. The van der Waals surface area contributed by atoms with Gasteiger partial charge in [0.2, 0.25) is 0 Å². The van der Waals surface area contributed by atoms with Gasteiger partial charge < -0.3 is 11.1 Å². The molecule has 94 valence electrons. The molecule has 0 aliphatic heterocycles. The van der Waals surface area contributed by atoms with Crippen molar-refractivity contribution < 1.29 is 0 Å². The Bertz CT molecular complexity index is 375. The summed E-state index contributed by atoms with van der Waals surface area (Å²) in [6.45, 7) is 6.50. The largest absolute Gasteiger partial charge is 0.399 e. The standard InChI is InChI=1S/C15H24N2/c1-3-15(7-4-8-15)11-17-10-13-5-6-14(16)12(2)9-13/h5-6,9,17H,3-4,7-8,10-11,16H2,1-2H3. The van der Waals surface area contributed by atoms with E-state index in [0.717, 1.165) is 18.8 Å². The van der Waals surface area contributed by atoms with Crippen LogP contribution in [0.15, 0.2) is 18.2 Å². The molecular weight excluding hydrogens is 208 g/mol. The van der Waals surface area contributed by atoms with E-state index in [9.17, 15) is 0 Å². The van der Waals surface area contributed by atoms with Gasteiger partial charge in [-0.15, -0.1) is 0 Å². The first-order chi connectivity index (χ1) is 8.15. The minimum absolute atomic E-state index is 0.600. The fourth-order valence-electron chi connectivity index (χ4n) is 2.65. The second-order valence-corrected chi connectivity index (χ2v) is 5.50. The Morgan fingerprint density at radius 3 is 2.65 bits per heavy atom. The first-order valence-corrected chi connectivity index (χ1v) is 6.71. The van der Waals surface area contributed by atoms with Crippen molar-refractivity contribution in [2.24, 2.45) is 5.41 Å². The number of rotatable bonds is 5. The van der Waals surface area contributed by atoms with Crippen molar-refractivity contribution in [3.63, 3.8) is 0 Å². The van der Waals surface area contributed by atoms with Gasteiger partial charge in [-0.3, -0.25) is 0 Å². The molecule has 0 aromatic heterocycles. The minimum Gasteiger partial charge on any atom is -0.399 e. The lowest BCUT2D eigenvalue weighted by Gasteiger charge is -2.41. The predicted molar refractivity (Wildman–Crippen MR) is 73.9 cm³/mol. The molecule has 1 aromatic carbocycles. The van der Waals surface area contributed by atoms with Crippen LogP contribution in [0.5, 0.6) is 0 Å². The van der Waals surface area contributed by atoms with Crippen molar-refractivity contribution in [3.05, 3.63) is 29.3 Å². The molecule has 1 saturated carbocycles. The van der Waals surface area contributed by atoms with Crippen molar-refractivity contribution in [1.29, 1.82) is 0 Å². The van der Waals surface area contributed by atoms with Crippen LogP contribution >= 0.6 is 0 Å². The summed E-state index contributed by atoms with van der Waals surface area (Å²) in [6, 6.07) is 6.31. The Morgan fingerprint density at radius 2 is 2.12 bits per heavy atom. The first kappa shape index (κ1) is 12.4. The molecule has 1 fully saturated rings. The number of benzene rings is 1. The quantitative estimate of drug-likeness (QED) is 0.765. The van der Waals surface area contributed by atoms with E-state index in [2.05, 4.69) is 31.3 Å². The van der Waals surface area contributed by atoms with E-state index in [4.69, 9.17) is 5.73 Å². The van der Waals surface area contributed by atoms with Gasteiger partial charge in [0.25, 0.3) is 0 Å². The van der Waals surface area contributed by atoms with Crippen LogP contribution < -0.4 is 11.1 Å². The molecular formula is C15H24N2. The number of nitrogen functional groups attached to an aromatic ring is 1. The fraction of sp³-hybridized carbons (Fsp3) is 0.600. The molecule has 1 aliphatic carbocycles. The number of hydrogen-bond donors (Lipinski definition) is 2. The molecule has 0 spiro atoms. The molecule has 0 amide bonds. The van der Waals surface area contributed by atoms with E-state index < -0.39 is 0 Å². The second kappa shape index (κ2) is 5.09. The molecule has 0 unspecified atom stereocenters. The lowest BCUT2D eigenvalue weighted by molar-refractivity contribution is 0.124. The third-order valence-corrected chi connectivity index (χ3v) is 4.33. The average Bonchev–Trinajstić information content (AvgIpc) is 2.27. The van der Waals surface area contributed by atoms with Gasteiger partial charge in [-0.05, 0) is 48.8 Å². The topological polar surface area (TPSA) is 38.0 Å². The third-order valence-electron chi connectivity index (χ3n) is 4.33. The summed E-state index contributed by atoms with van der Waals surface area (Å²) in [5, 5.41) is 3.60. The highest BCUT2D eigenvalue weighted by Crippen LogP contribution is 2.43. The van der Waals surface area contributed by atoms with Crippen LogP contribution in [0.25, 0.3) is 0 Å². The van der Waals surface area contributed by atoms with Crippen LogP contribution in [-0.4, -0.2) is 6.54 Å². The van der Waals surface area contributed by atoms with Crippen LogP contribution in [0.4, 0.5) is 5.69 Å². The maximum atomic E-state index is 5.82. The van der Waals surface area contributed by atoms with Crippen LogP contribution in [0.3, 0.4) is 0 Å². The summed E-state index contributed by atoms with van der Waals surface area (Å²) in [5.41, 5.74) is 9.82. The molecule has 3 N–H and O–H groups in total. The molecule has 2 heteroatoms. The third kappa shape index (κ3) is 2.81. The van der Waals surface area contributed by atoms with Gasteiger partial charge in [-0.2, -0.15) is 0 Å². The summed E-state index contributed by atoms with van der Waals surface area (Å²) >= 11 is 0. The molecule has 1 aromatic rings. The Labute approximate surface area is 105 Å². The number of nitrogens with two attached hydrogens (primary N) is 1. The van der Waals surface area contributed by atoms with Crippen LogP contribution in [-0.2, 0) is 6.54 Å². The number of anilines is 1. The summed E-state index contributed by atoms with van der Waals surface area (Å²) in [5.74, 6) is 0. The predicted octanol–water partition coefficient (Wildman–Crippen LogP) is 3.25. The summed E-state index contributed by atoms with van der Waals surface area (Å²) in [7, 11) is 0. The normalized spacial score (nSPS) is 17.8. The molecule has 0 heterocycles. The van der Waals surface area contributed by atoms with Crippen LogP contribution in [0, 0.1) is 12.3 Å². The van der Waals surface area contributed by atoms with Crippen molar-refractivity contribution in [1.82, 2.24) is 5.32 Å². The van der Waals surface area contributed by atoms with Crippen LogP contribution in [0.1, 0.15) is 43.7 Å². The monoisotopic (exact) mass is 232 g/mol. The Morgan fingerprint density at radius 1 is 1.35 bits per heavy atom. The highest BCUT2D eigenvalue weighted by molar-refractivity contribution is 5.47. The maximum Gasteiger partial charge on any atom is 0.0343 e. The van der Waals surface area contributed by atoms with Crippen molar-refractivity contribution in [3.8, 4) is 0 Å². The molecule has 17 heavy (non-hydrogen) atoms. The average molecular weight is 232 g/mol. The van der Waals surface area contributed by atoms with E-state index in [1.165, 1.54) is 36.8 Å². The Balaban J connectivity index is 1.83. The van der Waals surface area contributed by atoms with Gasteiger partial charge >= 0.3 is 0 Å². The summed E-state index contributed by atoms with van der Waals surface area (Å²) in [4.78, 5) is 0.